The highest BCUT2D eigenvalue weighted by molar-refractivity contribution is 5.79. The molecule has 1 amide bonds. The van der Waals surface area contributed by atoms with Gasteiger partial charge in [0.1, 0.15) is 12.4 Å². The molecular formula is C24H32N4O2. The van der Waals surface area contributed by atoms with E-state index in [0.29, 0.717) is 26.1 Å². The second kappa shape index (κ2) is 10.7. The molecule has 0 aliphatic carbocycles. The molecular weight excluding hydrogens is 376 g/mol. The summed E-state index contributed by atoms with van der Waals surface area (Å²) in [5.41, 5.74) is 3.56. The summed E-state index contributed by atoms with van der Waals surface area (Å²) in [6, 6.07) is 16.5. The van der Waals surface area contributed by atoms with Gasteiger partial charge in [-0.3, -0.25) is 9.79 Å². The van der Waals surface area contributed by atoms with Crippen molar-refractivity contribution in [1.82, 2.24) is 15.1 Å². The van der Waals surface area contributed by atoms with Gasteiger partial charge < -0.3 is 19.9 Å². The first kappa shape index (κ1) is 21.7. The lowest BCUT2D eigenvalue weighted by atomic mass is 10.1. The number of carbonyl (C=O) groups excluding carboxylic acids is 1. The number of rotatable bonds is 8. The molecule has 1 N–H and O–H groups in total. The number of benzene rings is 2. The maximum absolute atomic E-state index is 11.9. The third-order valence-electron chi connectivity index (χ3n) is 5.28. The highest BCUT2D eigenvalue weighted by atomic mass is 16.5. The van der Waals surface area contributed by atoms with Crippen molar-refractivity contribution in [1.29, 1.82) is 0 Å². The Labute approximate surface area is 179 Å². The van der Waals surface area contributed by atoms with Gasteiger partial charge in [-0.05, 0) is 36.6 Å². The molecule has 0 saturated carbocycles. The fourth-order valence-electron chi connectivity index (χ4n) is 3.54. The Morgan fingerprint density at radius 1 is 1.20 bits per heavy atom. The number of hydrogen-bond donors (Lipinski definition) is 1. The van der Waals surface area contributed by atoms with Crippen LogP contribution < -0.4 is 10.1 Å². The SMILES string of the molecule is CN=C(NCc1cccc(CN2CCCC2=O)c1)N(C)CCOc1ccc(C)cc1. The quantitative estimate of drug-likeness (QED) is 0.538. The van der Waals surface area contributed by atoms with Crippen molar-refractivity contribution in [3.63, 3.8) is 0 Å². The van der Waals surface area contributed by atoms with E-state index in [1.807, 2.05) is 36.2 Å². The maximum Gasteiger partial charge on any atom is 0.222 e. The molecule has 30 heavy (non-hydrogen) atoms. The Morgan fingerprint density at radius 2 is 1.97 bits per heavy atom. The smallest absolute Gasteiger partial charge is 0.222 e. The lowest BCUT2D eigenvalue weighted by Crippen LogP contribution is -2.40. The minimum absolute atomic E-state index is 0.258. The molecule has 2 aromatic rings. The predicted octanol–water partition coefficient (Wildman–Crippen LogP) is 3.20. The molecule has 1 aliphatic rings. The van der Waals surface area contributed by atoms with Crippen molar-refractivity contribution in [2.24, 2.45) is 4.99 Å². The Hall–Kier alpha value is -3.02. The average molecular weight is 409 g/mol. The number of nitrogens with zero attached hydrogens (tertiary/aromatic N) is 3. The van der Waals surface area contributed by atoms with Gasteiger partial charge in [0.25, 0.3) is 0 Å². The van der Waals surface area contributed by atoms with Gasteiger partial charge in [-0.25, -0.2) is 0 Å². The fraction of sp³-hybridized carbons (Fsp3) is 0.417. The molecule has 0 aromatic heterocycles. The van der Waals surface area contributed by atoms with E-state index in [4.69, 9.17) is 4.74 Å². The summed E-state index contributed by atoms with van der Waals surface area (Å²) in [7, 11) is 3.79. The van der Waals surface area contributed by atoms with Gasteiger partial charge in [-0.2, -0.15) is 0 Å². The number of aliphatic imine (C=N–C) groups is 1. The van der Waals surface area contributed by atoms with E-state index in [2.05, 4.69) is 46.4 Å². The molecule has 2 aromatic carbocycles. The number of carbonyl (C=O) groups is 1. The van der Waals surface area contributed by atoms with Gasteiger partial charge in [-0.15, -0.1) is 0 Å². The fourth-order valence-corrected chi connectivity index (χ4v) is 3.54. The van der Waals surface area contributed by atoms with E-state index in [9.17, 15) is 4.79 Å². The Kier molecular flexibility index (Phi) is 7.71. The lowest BCUT2D eigenvalue weighted by molar-refractivity contribution is -0.128. The number of likely N-dealkylation sites (tertiary alicyclic amines) is 1. The summed E-state index contributed by atoms with van der Waals surface area (Å²) >= 11 is 0. The van der Waals surface area contributed by atoms with Crippen LogP contribution in [0.25, 0.3) is 0 Å². The van der Waals surface area contributed by atoms with Crippen molar-refractivity contribution >= 4 is 11.9 Å². The molecule has 1 saturated heterocycles. The molecule has 0 bridgehead atoms. The number of hydrogen-bond acceptors (Lipinski definition) is 3. The van der Waals surface area contributed by atoms with Crippen LogP contribution in [0.3, 0.4) is 0 Å². The van der Waals surface area contributed by atoms with E-state index in [1.54, 1.807) is 7.05 Å². The highest BCUT2D eigenvalue weighted by Crippen LogP contribution is 2.15. The third kappa shape index (κ3) is 6.24. The molecule has 1 fully saturated rings. The Balaban J connectivity index is 1.46. The standard InChI is InChI=1S/C24H32N4O2/c1-19-9-11-22(12-10-19)30-15-14-27(3)24(25-2)26-17-20-6-4-7-21(16-20)18-28-13-5-8-23(28)29/h4,6-7,9-12,16H,5,8,13-15,17-18H2,1-3H3,(H,25,26). The van der Waals surface area contributed by atoms with Crippen LogP contribution in [-0.4, -0.2) is 55.5 Å². The summed E-state index contributed by atoms with van der Waals surface area (Å²) < 4.78 is 5.82. The van der Waals surface area contributed by atoms with E-state index in [0.717, 1.165) is 31.2 Å². The average Bonchev–Trinajstić information content (AvgIpc) is 3.14. The van der Waals surface area contributed by atoms with Gasteiger partial charge in [0.2, 0.25) is 5.91 Å². The van der Waals surface area contributed by atoms with E-state index < -0.39 is 0 Å². The molecule has 0 radical (unpaired) electrons. The van der Waals surface area contributed by atoms with Crippen molar-refractivity contribution in [2.45, 2.75) is 32.9 Å². The molecule has 1 heterocycles. The second-order valence-electron chi connectivity index (χ2n) is 7.72. The van der Waals surface area contributed by atoms with Crippen molar-refractivity contribution in [3.05, 3.63) is 65.2 Å². The molecule has 6 nitrogen and oxygen atoms in total. The van der Waals surface area contributed by atoms with Crippen molar-refractivity contribution in [2.75, 3.05) is 33.8 Å². The summed E-state index contributed by atoms with van der Waals surface area (Å²) in [4.78, 5) is 20.2. The predicted molar refractivity (Wildman–Crippen MR) is 121 cm³/mol. The topological polar surface area (TPSA) is 57.2 Å². The van der Waals surface area contributed by atoms with Gasteiger partial charge in [-0.1, -0.05) is 42.0 Å². The Morgan fingerprint density at radius 3 is 2.67 bits per heavy atom. The number of guanidine groups is 1. The van der Waals surface area contributed by atoms with Gasteiger partial charge in [0, 0.05) is 40.2 Å². The van der Waals surface area contributed by atoms with Crippen LogP contribution in [0.15, 0.2) is 53.5 Å². The van der Waals surface area contributed by atoms with Crippen LogP contribution in [0.4, 0.5) is 0 Å². The molecule has 1 aliphatic heterocycles. The zero-order valence-corrected chi connectivity index (χ0v) is 18.2. The van der Waals surface area contributed by atoms with E-state index in [1.165, 1.54) is 16.7 Å². The first-order valence-electron chi connectivity index (χ1n) is 10.5. The third-order valence-corrected chi connectivity index (χ3v) is 5.28. The van der Waals surface area contributed by atoms with E-state index in [-0.39, 0.29) is 5.91 Å². The highest BCUT2D eigenvalue weighted by Gasteiger charge is 2.19. The van der Waals surface area contributed by atoms with Crippen molar-refractivity contribution in [3.8, 4) is 5.75 Å². The number of ether oxygens (including phenoxy) is 1. The second-order valence-corrected chi connectivity index (χ2v) is 7.72. The zero-order valence-electron chi connectivity index (χ0n) is 18.2. The number of amides is 1. The van der Waals surface area contributed by atoms with Gasteiger partial charge in [0.05, 0.1) is 6.54 Å². The van der Waals surface area contributed by atoms with Crippen LogP contribution in [0.2, 0.25) is 0 Å². The van der Waals surface area contributed by atoms with Crippen LogP contribution in [-0.2, 0) is 17.9 Å². The summed E-state index contributed by atoms with van der Waals surface area (Å²) in [6.45, 7) is 5.61. The number of nitrogens with one attached hydrogen (secondary N) is 1. The molecule has 0 atom stereocenters. The molecule has 160 valence electrons. The summed E-state index contributed by atoms with van der Waals surface area (Å²) in [5.74, 6) is 1.96. The Bertz CT molecular complexity index is 864. The van der Waals surface area contributed by atoms with Gasteiger partial charge in [0.15, 0.2) is 5.96 Å². The van der Waals surface area contributed by atoms with Crippen molar-refractivity contribution < 1.29 is 9.53 Å². The van der Waals surface area contributed by atoms with Crippen LogP contribution in [0.1, 0.15) is 29.5 Å². The largest absolute Gasteiger partial charge is 0.492 e. The first-order valence-corrected chi connectivity index (χ1v) is 10.5. The first-order chi connectivity index (χ1) is 14.5. The minimum atomic E-state index is 0.258. The summed E-state index contributed by atoms with van der Waals surface area (Å²) in [5, 5.41) is 3.41. The van der Waals surface area contributed by atoms with Crippen LogP contribution in [0, 0.1) is 6.92 Å². The number of aryl methyl sites for hydroxylation is 1. The lowest BCUT2D eigenvalue weighted by Gasteiger charge is -2.22. The molecule has 6 heteroatoms. The van der Waals surface area contributed by atoms with Crippen LogP contribution >= 0.6 is 0 Å². The maximum atomic E-state index is 11.9. The molecule has 0 spiro atoms. The number of likely N-dealkylation sites (N-methyl/N-ethyl adjacent to an activating group) is 1. The minimum Gasteiger partial charge on any atom is -0.492 e. The molecule has 3 rings (SSSR count). The van der Waals surface area contributed by atoms with Gasteiger partial charge >= 0.3 is 0 Å². The monoisotopic (exact) mass is 408 g/mol. The van der Waals surface area contributed by atoms with E-state index >= 15 is 0 Å². The summed E-state index contributed by atoms with van der Waals surface area (Å²) in [6.07, 6.45) is 1.65. The zero-order chi connectivity index (χ0) is 21.3. The molecule has 0 unspecified atom stereocenters. The van der Waals surface area contributed by atoms with Crippen LogP contribution in [0.5, 0.6) is 5.75 Å². The normalized spacial score (nSPS) is 14.2.